The monoisotopic (exact) mass is 310 g/mol. The first kappa shape index (κ1) is 18.1. The molecule has 0 bridgehead atoms. The Labute approximate surface area is 130 Å². The maximum atomic E-state index is 13.0. The van der Waals surface area contributed by atoms with Crippen LogP contribution in [0.2, 0.25) is 0 Å². The molecule has 0 heterocycles. The standard InChI is InChI=1S/C16H23FN2O3/c1-4-19(12(2)13-5-7-14(17)8-6-13)15(20)11-18(3)10-9-16(21)22/h5-8,12H,4,9-11H2,1-3H3,(H,21,22). The summed E-state index contributed by atoms with van der Waals surface area (Å²) in [5, 5.41) is 8.66. The van der Waals surface area contributed by atoms with Crippen molar-refractivity contribution < 1.29 is 19.1 Å². The lowest BCUT2D eigenvalue weighted by Gasteiger charge is -2.30. The van der Waals surface area contributed by atoms with Gasteiger partial charge in [-0.25, -0.2) is 4.39 Å². The average Bonchev–Trinajstić information content (AvgIpc) is 2.46. The lowest BCUT2D eigenvalue weighted by atomic mass is 10.1. The number of likely N-dealkylation sites (N-methyl/N-ethyl adjacent to an activating group) is 2. The zero-order chi connectivity index (χ0) is 16.7. The average molecular weight is 310 g/mol. The Bertz CT molecular complexity index is 505. The Morgan fingerprint density at radius 2 is 1.86 bits per heavy atom. The van der Waals surface area contributed by atoms with Gasteiger partial charge < -0.3 is 10.0 Å². The van der Waals surface area contributed by atoms with E-state index in [4.69, 9.17) is 5.11 Å². The number of carboxylic acids is 1. The molecule has 1 aromatic carbocycles. The minimum atomic E-state index is -0.883. The molecule has 0 aliphatic heterocycles. The molecule has 5 nitrogen and oxygen atoms in total. The van der Waals surface area contributed by atoms with Crippen molar-refractivity contribution in [3.63, 3.8) is 0 Å². The molecule has 22 heavy (non-hydrogen) atoms. The zero-order valence-electron chi connectivity index (χ0n) is 13.3. The predicted molar refractivity (Wildman–Crippen MR) is 82.0 cm³/mol. The van der Waals surface area contributed by atoms with Crippen LogP contribution in [0.4, 0.5) is 4.39 Å². The summed E-state index contributed by atoms with van der Waals surface area (Å²) in [5.41, 5.74) is 0.866. The number of rotatable bonds is 8. The van der Waals surface area contributed by atoms with E-state index in [9.17, 15) is 14.0 Å². The Morgan fingerprint density at radius 1 is 1.27 bits per heavy atom. The molecular formula is C16H23FN2O3. The van der Waals surface area contributed by atoms with Crippen LogP contribution in [0, 0.1) is 5.82 Å². The minimum Gasteiger partial charge on any atom is -0.481 e. The zero-order valence-corrected chi connectivity index (χ0v) is 13.3. The largest absolute Gasteiger partial charge is 0.481 e. The van der Waals surface area contributed by atoms with Crippen LogP contribution in [-0.2, 0) is 9.59 Å². The van der Waals surface area contributed by atoms with Gasteiger partial charge in [-0.1, -0.05) is 12.1 Å². The molecule has 6 heteroatoms. The summed E-state index contributed by atoms with van der Waals surface area (Å²) in [4.78, 5) is 26.3. The summed E-state index contributed by atoms with van der Waals surface area (Å²) in [6.45, 7) is 4.79. The molecule has 0 aliphatic rings. The van der Waals surface area contributed by atoms with Crippen molar-refractivity contribution in [1.29, 1.82) is 0 Å². The highest BCUT2D eigenvalue weighted by molar-refractivity contribution is 5.78. The van der Waals surface area contributed by atoms with Crippen LogP contribution in [-0.4, -0.2) is 53.5 Å². The first-order valence-electron chi connectivity index (χ1n) is 7.30. The lowest BCUT2D eigenvalue weighted by molar-refractivity contribution is -0.139. The van der Waals surface area contributed by atoms with E-state index in [1.165, 1.54) is 12.1 Å². The van der Waals surface area contributed by atoms with E-state index in [1.54, 1.807) is 29.0 Å². The Hall–Kier alpha value is -1.95. The van der Waals surface area contributed by atoms with Crippen LogP contribution in [0.1, 0.15) is 31.9 Å². The Balaban J connectivity index is 2.67. The maximum Gasteiger partial charge on any atom is 0.304 e. The number of aliphatic carboxylic acids is 1. The molecular weight excluding hydrogens is 287 g/mol. The maximum absolute atomic E-state index is 13.0. The molecule has 0 aromatic heterocycles. The quantitative estimate of drug-likeness (QED) is 0.799. The molecule has 0 radical (unpaired) electrons. The number of hydrogen-bond acceptors (Lipinski definition) is 3. The molecule has 1 rings (SSSR count). The Kier molecular flexibility index (Phi) is 6.98. The number of benzene rings is 1. The number of carbonyl (C=O) groups excluding carboxylic acids is 1. The van der Waals surface area contributed by atoms with Crippen LogP contribution in [0.15, 0.2) is 24.3 Å². The van der Waals surface area contributed by atoms with Crippen molar-refractivity contribution in [1.82, 2.24) is 9.80 Å². The first-order valence-corrected chi connectivity index (χ1v) is 7.30. The Morgan fingerprint density at radius 3 is 2.36 bits per heavy atom. The van der Waals surface area contributed by atoms with Crippen molar-refractivity contribution in [2.45, 2.75) is 26.3 Å². The van der Waals surface area contributed by atoms with E-state index in [-0.39, 0.29) is 30.7 Å². The third-order valence-corrected chi connectivity index (χ3v) is 3.59. The number of halogens is 1. The van der Waals surface area contributed by atoms with E-state index >= 15 is 0 Å². The van der Waals surface area contributed by atoms with Crippen molar-refractivity contribution in [3.05, 3.63) is 35.6 Å². The molecule has 1 amide bonds. The van der Waals surface area contributed by atoms with E-state index in [0.29, 0.717) is 13.1 Å². The number of nitrogens with zero attached hydrogens (tertiary/aromatic N) is 2. The van der Waals surface area contributed by atoms with Crippen LogP contribution in [0.5, 0.6) is 0 Å². The van der Waals surface area contributed by atoms with Gasteiger partial charge in [0.2, 0.25) is 5.91 Å². The van der Waals surface area contributed by atoms with Crippen molar-refractivity contribution in [2.75, 3.05) is 26.7 Å². The number of hydrogen-bond donors (Lipinski definition) is 1. The first-order chi connectivity index (χ1) is 10.3. The van der Waals surface area contributed by atoms with E-state index in [2.05, 4.69) is 0 Å². The number of carbonyl (C=O) groups is 2. The summed E-state index contributed by atoms with van der Waals surface area (Å²) in [6.07, 6.45) is 0.00339. The smallest absolute Gasteiger partial charge is 0.304 e. The minimum absolute atomic E-state index is 0.00339. The lowest BCUT2D eigenvalue weighted by Crippen LogP contribution is -2.40. The molecule has 0 saturated carbocycles. The molecule has 0 saturated heterocycles. The van der Waals surface area contributed by atoms with Gasteiger partial charge in [0.25, 0.3) is 0 Å². The van der Waals surface area contributed by atoms with Gasteiger partial charge in [0, 0.05) is 13.1 Å². The summed E-state index contributed by atoms with van der Waals surface area (Å²) in [7, 11) is 1.72. The van der Waals surface area contributed by atoms with E-state index in [0.717, 1.165) is 5.56 Å². The number of amides is 1. The molecule has 1 N–H and O–H groups in total. The summed E-state index contributed by atoms with van der Waals surface area (Å²) >= 11 is 0. The second-order valence-corrected chi connectivity index (χ2v) is 5.29. The van der Waals surface area contributed by atoms with Crippen LogP contribution < -0.4 is 0 Å². The SMILES string of the molecule is CCN(C(=O)CN(C)CCC(=O)O)C(C)c1ccc(F)cc1. The highest BCUT2D eigenvalue weighted by Crippen LogP contribution is 2.20. The molecule has 1 aromatic rings. The predicted octanol–water partition coefficient (Wildman–Crippen LogP) is 2.14. The molecule has 0 spiro atoms. The van der Waals surface area contributed by atoms with Crippen LogP contribution >= 0.6 is 0 Å². The highest BCUT2D eigenvalue weighted by atomic mass is 19.1. The fourth-order valence-electron chi connectivity index (χ4n) is 2.27. The topological polar surface area (TPSA) is 60.9 Å². The number of carboxylic acid groups (broad SMARTS) is 1. The molecule has 0 aliphatic carbocycles. The van der Waals surface area contributed by atoms with Gasteiger partial charge in [0.15, 0.2) is 0 Å². The van der Waals surface area contributed by atoms with Gasteiger partial charge in [-0.3, -0.25) is 14.5 Å². The fourth-order valence-corrected chi connectivity index (χ4v) is 2.27. The van der Waals surface area contributed by atoms with Crippen molar-refractivity contribution in [2.24, 2.45) is 0 Å². The second kappa shape index (κ2) is 8.48. The van der Waals surface area contributed by atoms with Gasteiger partial charge in [0.05, 0.1) is 19.0 Å². The van der Waals surface area contributed by atoms with Gasteiger partial charge in [-0.2, -0.15) is 0 Å². The highest BCUT2D eigenvalue weighted by Gasteiger charge is 2.21. The van der Waals surface area contributed by atoms with Crippen LogP contribution in [0.25, 0.3) is 0 Å². The van der Waals surface area contributed by atoms with Gasteiger partial charge in [-0.15, -0.1) is 0 Å². The third kappa shape index (κ3) is 5.44. The summed E-state index contributed by atoms with van der Waals surface area (Å²) in [6, 6.07) is 5.94. The molecule has 0 fully saturated rings. The summed E-state index contributed by atoms with van der Waals surface area (Å²) in [5.74, 6) is -1.27. The molecule has 1 atom stereocenters. The van der Waals surface area contributed by atoms with Crippen molar-refractivity contribution >= 4 is 11.9 Å². The van der Waals surface area contributed by atoms with Crippen molar-refractivity contribution in [3.8, 4) is 0 Å². The normalized spacial score (nSPS) is 12.2. The van der Waals surface area contributed by atoms with Gasteiger partial charge in [0.1, 0.15) is 5.82 Å². The van der Waals surface area contributed by atoms with Gasteiger partial charge in [-0.05, 0) is 38.6 Å². The van der Waals surface area contributed by atoms with E-state index in [1.807, 2.05) is 13.8 Å². The third-order valence-electron chi connectivity index (χ3n) is 3.59. The van der Waals surface area contributed by atoms with Crippen LogP contribution in [0.3, 0.4) is 0 Å². The van der Waals surface area contributed by atoms with E-state index < -0.39 is 5.97 Å². The summed E-state index contributed by atoms with van der Waals surface area (Å²) < 4.78 is 13.0. The van der Waals surface area contributed by atoms with Gasteiger partial charge >= 0.3 is 5.97 Å². The molecule has 122 valence electrons. The second-order valence-electron chi connectivity index (χ2n) is 5.29. The fraction of sp³-hybridized carbons (Fsp3) is 0.500. The molecule has 1 unspecified atom stereocenters.